The summed E-state index contributed by atoms with van der Waals surface area (Å²) < 4.78 is 27.4. The molecular weight excluding hydrogens is 407 g/mol. The molecule has 2 fully saturated rings. The van der Waals surface area contributed by atoms with Crippen molar-refractivity contribution in [3.63, 3.8) is 0 Å². The molecule has 1 N–H and O–H groups in total. The van der Waals surface area contributed by atoms with Gasteiger partial charge in [-0.3, -0.25) is 4.79 Å². The molecule has 27 heavy (non-hydrogen) atoms. The molecule has 0 bridgehead atoms. The molecule has 0 atom stereocenters. The summed E-state index contributed by atoms with van der Waals surface area (Å²) in [5.74, 6) is 0.253. The van der Waals surface area contributed by atoms with Crippen LogP contribution in [0.25, 0.3) is 0 Å². The summed E-state index contributed by atoms with van der Waals surface area (Å²) in [7, 11) is -3.67. The van der Waals surface area contributed by atoms with Gasteiger partial charge in [0.05, 0.1) is 5.02 Å². The molecule has 1 heterocycles. The largest absolute Gasteiger partial charge is 0.353 e. The van der Waals surface area contributed by atoms with Crippen LogP contribution < -0.4 is 5.32 Å². The second-order valence-corrected chi connectivity index (χ2v) is 10.3. The van der Waals surface area contributed by atoms with E-state index in [0.717, 1.165) is 25.7 Å². The fourth-order valence-corrected chi connectivity index (χ4v) is 6.17. The maximum atomic E-state index is 13.0. The van der Waals surface area contributed by atoms with Crippen molar-refractivity contribution in [2.75, 3.05) is 13.1 Å². The summed E-state index contributed by atoms with van der Waals surface area (Å²) in [4.78, 5) is 12.5. The third-order valence-corrected chi connectivity index (χ3v) is 8.38. The number of halogens is 2. The Hall–Kier alpha value is -0.820. The Bertz CT molecular complexity index is 799. The van der Waals surface area contributed by atoms with E-state index in [9.17, 15) is 13.2 Å². The highest BCUT2D eigenvalue weighted by Gasteiger charge is 2.32. The summed E-state index contributed by atoms with van der Waals surface area (Å²) in [6, 6.07) is 3.03. The Morgan fingerprint density at radius 1 is 1.04 bits per heavy atom. The molecule has 1 saturated heterocycles. The molecule has 8 heteroatoms. The second-order valence-electron chi connectivity index (χ2n) is 7.55. The smallest absolute Gasteiger partial charge is 0.244 e. The van der Waals surface area contributed by atoms with Gasteiger partial charge in [0, 0.05) is 30.1 Å². The van der Waals surface area contributed by atoms with Crippen LogP contribution in [-0.4, -0.2) is 37.8 Å². The lowest BCUT2D eigenvalue weighted by molar-refractivity contribution is -0.126. The van der Waals surface area contributed by atoms with Crippen molar-refractivity contribution >= 4 is 39.1 Å². The van der Waals surface area contributed by atoms with Gasteiger partial charge in [-0.15, -0.1) is 0 Å². The van der Waals surface area contributed by atoms with Crippen molar-refractivity contribution in [2.24, 2.45) is 5.92 Å². The van der Waals surface area contributed by atoms with Gasteiger partial charge in [0.25, 0.3) is 0 Å². The molecule has 0 radical (unpaired) electrons. The lowest BCUT2D eigenvalue weighted by atomic mass is 9.88. The normalized spacial score (nSPS) is 20.6. The van der Waals surface area contributed by atoms with Crippen LogP contribution in [0.3, 0.4) is 0 Å². The number of aryl methyl sites for hydroxylation is 1. The average Bonchev–Trinajstić information content (AvgIpc) is 2.65. The van der Waals surface area contributed by atoms with Crippen molar-refractivity contribution in [3.05, 3.63) is 27.7 Å². The Morgan fingerprint density at radius 2 is 1.67 bits per heavy atom. The molecule has 1 aromatic carbocycles. The number of hydrogen-bond acceptors (Lipinski definition) is 3. The third kappa shape index (κ3) is 4.78. The molecule has 150 valence electrons. The van der Waals surface area contributed by atoms with E-state index in [2.05, 4.69) is 5.32 Å². The Kier molecular flexibility index (Phi) is 6.72. The van der Waals surface area contributed by atoms with Gasteiger partial charge in [0.2, 0.25) is 15.9 Å². The highest BCUT2D eigenvalue weighted by molar-refractivity contribution is 7.89. The number of sulfonamides is 1. The molecule has 5 nitrogen and oxygen atoms in total. The number of piperidine rings is 1. The van der Waals surface area contributed by atoms with Crippen molar-refractivity contribution in [1.82, 2.24) is 9.62 Å². The van der Waals surface area contributed by atoms with Crippen LogP contribution in [0.15, 0.2) is 17.0 Å². The van der Waals surface area contributed by atoms with Crippen LogP contribution in [0.5, 0.6) is 0 Å². The fraction of sp³-hybridized carbons (Fsp3) is 0.632. The van der Waals surface area contributed by atoms with Crippen LogP contribution in [-0.2, 0) is 14.8 Å². The maximum Gasteiger partial charge on any atom is 0.244 e. The quantitative estimate of drug-likeness (QED) is 0.776. The minimum Gasteiger partial charge on any atom is -0.353 e. The lowest BCUT2D eigenvalue weighted by Gasteiger charge is -2.33. The van der Waals surface area contributed by atoms with Gasteiger partial charge in [-0.05, 0) is 50.3 Å². The first-order valence-electron chi connectivity index (χ1n) is 9.55. The van der Waals surface area contributed by atoms with E-state index in [4.69, 9.17) is 23.2 Å². The number of nitrogens with zero attached hydrogens (tertiary/aromatic N) is 1. The minimum absolute atomic E-state index is 0.0355. The topological polar surface area (TPSA) is 66.5 Å². The summed E-state index contributed by atoms with van der Waals surface area (Å²) >= 11 is 12.2. The van der Waals surface area contributed by atoms with Crippen molar-refractivity contribution < 1.29 is 13.2 Å². The van der Waals surface area contributed by atoms with Gasteiger partial charge in [-0.25, -0.2) is 8.42 Å². The Morgan fingerprint density at radius 3 is 2.30 bits per heavy atom. The highest BCUT2D eigenvalue weighted by atomic mass is 35.5. The number of nitrogens with one attached hydrogen (secondary N) is 1. The molecule has 0 spiro atoms. The van der Waals surface area contributed by atoms with E-state index >= 15 is 0 Å². The third-order valence-electron chi connectivity index (χ3n) is 5.61. The number of carbonyl (C=O) groups is 1. The highest BCUT2D eigenvalue weighted by Crippen LogP contribution is 2.31. The number of rotatable bonds is 4. The van der Waals surface area contributed by atoms with E-state index in [1.165, 1.54) is 22.9 Å². The number of amides is 1. The zero-order valence-corrected chi connectivity index (χ0v) is 17.8. The first kappa shape index (κ1) is 20.9. The fourth-order valence-electron chi connectivity index (χ4n) is 3.89. The first-order chi connectivity index (χ1) is 12.8. The van der Waals surface area contributed by atoms with Gasteiger partial charge in [-0.2, -0.15) is 4.31 Å². The van der Waals surface area contributed by atoms with Crippen molar-refractivity contribution in [3.8, 4) is 0 Å². The number of benzene rings is 1. The zero-order chi connectivity index (χ0) is 19.6. The summed E-state index contributed by atoms with van der Waals surface area (Å²) in [5, 5.41) is 3.71. The van der Waals surface area contributed by atoms with Crippen LogP contribution >= 0.6 is 23.2 Å². The predicted molar refractivity (Wildman–Crippen MR) is 108 cm³/mol. The molecule has 3 rings (SSSR count). The molecule has 2 aliphatic rings. The van der Waals surface area contributed by atoms with Crippen LogP contribution in [0.4, 0.5) is 0 Å². The molecular formula is C19H26Cl2N2O3S. The van der Waals surface area contributed by atoms with Crippen molar-refractivity contribution in [2.45, 2.75) is 62.8 Å². The molecule has 1 amide bonds. The first-order valence-corrected chi connectivity index (χ1v) is 11.7. The molecule has 1 aliphatic heterocycles. The molecule has 1 saturated carbocycles. The van der Waals surface area contributed by atoms with Crippen LogP contribution in [0.1, 0.15) is 50.5 Å². The molecule has 1 aliphatic carbocycles. The van der Waals surface area contributed by atoms with Crippen LogP contribution in [0.2, 0.25) is 10.0 Å². The molecule has 0 aromatic heterocycles. The average molecular weight is 433 g/mol. The SMILES string of the molecule is Cc1cc(S(=O)(=O)N2CCC(NC(=O)C3CCCCC3)CC2)c(Cl)cc1Cl. The monoisotopic (exact) mass is 432 g/mol. The second kappa shape index (κ2) is 8.68. The summed E-state index contributed by atoms with van der Waals surface area (Å²) in [6.45, 7) is 2.50. The maximum absolute atomic E-state index is 13.0. The minimum atomic E-state index is -3.67. The molecule has 0 unspecified atom stereocenters. The van der Waals surface area contributed by atoms with E-state index in [1.807, 2.05) is 0 Å². The van der Waals surface area contributed by atoms with E-state index in [-0.39, 0.29) is 27.8 Å². The Labute approximate surface area is 171 Å². The summed E-state index contributed by atoms with van der Waals surface area (Å²) in [5.41, 5.74) is 0.675. The van der Waals surface area contributed by atoms with Gasteiger partial charge in [0.1, 0.15) is 4.90 Å². The number of carbonyl (C=O) groups excluding carboxylic acids is 1. The van der Waals surface area contributed by atoms with E-state index < -0.39 is 10.0 Å². The van der Waals surface area contributed by atoms with Gasteiger partial charge in [0.15, 0.2) is 0 Å². The lowest BCUT2D eigenvalue weighted by Crippen LogP contribution is -2.48. The van der Waals surface area contributed by atoms with Gasteiger partial charge >= 0.3 is 0 Å². The summed E-state index contributed by atoms with van der Waals surface area (Å²) in [6.07, 6.45) is 6.61. The van der Waals surface area contributed by atoms with Gasteiger partial charge < -0.3 is 5.32 Å². The predicted octanol–water partition coefficient (Wildman–Crippen LogP) is 4.15. The van der Waals surface area contributed by atoms with Crippen LogP contribution in [0, 0.1) is 12.8 Å². The van der Waals surface area contributed by atoms with Crippen molar-refractivity contribution in [1.29, 1.82) is 0 Å². The zero-order valence-electron chi connectivity index (χ0n) is 15.5. The Balaban J connectivity index is 1.61. The molecule has 1 aromatic rings. The van der Waals surface area contributed by atoms with Gasteiger partial charge in [-0.1, -0.05) is 42.5 Å². The van der Waals surface area contributed by atoms with E-state index in [0.29, 0.717) is 36.5 Å². The number of hydrogen-bond donors (Lipinski definition) is 1. The standard InChI is InChI=1S/C19H26Cl2N2O3S/c1-13-11-18(17(21)12-16(13)20)27(25,26)23-9-7-15(8-10-23)22-19(24)14-5-3-2-4-6-14/h11-12,14-15H,2-10H2,1H3,(H,22,24). The van der Waals surface area contributed by atoms with E-state index in [1.54, 1.807) is 6.92 Å².